The maximum Gasteiger partial charge on any atom is 0.247 e. The Labute approximate surface area is 195 Å². The minimum atomic E-state index is -0.716. The van der Waals surface area contributed by atoms with Gasteiger partial charge in [-0.3, -0.25) is 4.79 Å². The summed E-state index contributed by atoms with van der Waals surface area (Å²) in [5.41, 5.74) is 1.18. The van der Waals surface area contributed by atoms with Crippen LogP contribution in [0.25, 0.3) is 6.08 Å². The van der Waals surface area contributed by atoms with Crippen molar-refractivity contribution in [3.63, 3.8) is 0 Å². The second-order valence-corrected chi connectivity index (χ2v) is 8.90. The van der Waals surface area contributed by atoms with E-state index in [9.17, 15) is 9.90 Å². The van der Waals surface area contributed by atoms with E-state index >= 15 is 0 Å². The normalized spacial score (nSPS) is 24.9. The minimum absolute atomic E-state index is 0.0202. The zero-order valence-electron chi connectivity index (χ0n) is 19.6. The molecule has 6 nitrogen and oxygen atoms in total. The fourth-order valence-corrected chi connectivity index (χ4v) is 5.36. The molecule has 0 unspecified atom stereocenters. The number of nitrogens with zero attached hydrogens (tertiary/aromatic N) is 1. The van der Waals surface area contributed by atoms with Gasteiger partial charge in [-0.1, -0.05) is 31.0 Å². The number of aliphatic hydroxyl groups is 1. The molecular formula is C27H33NO5. The Kier molecular flexibility index (Phi) is 6.94. The summed E-state index contributed by atoms with van der Waals surface area (Å²) in [6.07, 6.45) is 7.85. The Morgan fingerprint density at radius 3 is 2.45 bits per heavy atom. The smallest absolute Gasteiger partial charge is 0.247 e. The molecule has 3 atom stereocenters. The van der Waals surface area contributed by atoms with Gasteiger partial charge in [0.1, 0.15) is 5.75 Å². The van der Waals surface area contributed by atoms with Crippen molar-refractivity contribution in [2.45, 2.75) is 43.7 Å². The number of carbonyl (C=O) groups is 1. The number of ether oxygens (including phenoxy) is 3. The van der Waals surface area contributed by atoms with Crippen molar-refractivity contribution in [2.24, 2.45) is 5.92 Å². The first-order chi connectivity index (χ1) is 16.0. The number of fused-ring (bicyclic) bond motifs is 1. The third kappa shape index (κ3) is 4.71. The molecular weight excluding hydrogens is 418 g/mol. The van der Waals surface area contributed by atoms with E-state index in [1.807, 2.05) is 47.4 Å². The lowest BCUT2D eigenvalue weighted by atomic mass is 9.66. The van der Waals surface area contributed by atoms with Gasteiger partial charge in [-0.15, -0.1) is 0 Å². The zero-order valence-corrected chi connectivity index (χ0v) is 19.6. The molecule has 1 heterocycles. The molecule has 6 heteroatoms. The Hall–Kier alpha value is -2.99. The lowest BCUT2D eigenvalue weighted by Gasteiger charge is -2.52. The van der Waals surface area contributed by atoms with Gasteiger partial charge < -0.3 is 24.2 Å². The first kappa shape index (κ1) is 23.2. The highest BCUT2D eigenvalue weighted by Gasteiger charge is 2.49. The number of benzene rings is 2. The van der Waals surface area contributed by atoms with Crippen LogP contribution in [0.1, 0.15) is 49.3 Å². The molecule has 0 radical (unpaired) electrons. The average Bonchev–Trinajstić information content (AvgIpc) is 2.86. The summed E-state index contributed by atoms with van der Waals surface area (Å²) in [5, 5.41) is 11.4. The van der Waals surface area contributed by atoms with Crippen LogP contribution in [0.2, 0.25) is 0 Å². The van der Waals surface area contributed by atoms with Gasteiger partial charge in [0.15, 0.2) is 11.5 Å². The van der Waals surface area contributed by atoms with Crippen LogP contribution in [0, 0.1) is 5.92 Å². The Morgan fingerprint density at radius 2 is 1.76 bits per heavy atom. The number of amides is 1. The van der Waals surface area contributed by atoms with Crippen LogP contribution in [-0.2, 0) is 4.79 Å². The van der Waals surface area contributed by atoms with Gasteiger partial charge in [-0.2, -0.15) is 0 Å². The highest BCUT2D eigenvalue weighted by atomic mass is 16.5. The van der Waals surface area contributed by atoms with E-state index in [-0.39, 0.29) is 17.9 Å². The van der Waals surface area contributed by atoms with Crippen molar-refractivity contribution in [1.29, 1.82) is 0 Å². The molecule has 2 fully saturated rings. The molecule has 176 valence electrons. The van der Waals surface area contributed by atoms with Crippen LogP contribution in [0.4, 0.5) is 0 Å². The summed E-state index contributed by atoms with van der Waals surface area (Å²) in [6, 6.07) is 13.3. The standard InChI is InChI=1S/C27H33NO5/c1-31-21-11-9-20(10-12-21)26-22-6-4-5-15-27(22,30)16-17-28(26)25(29)14-8-19-7-13-23(32-2)24(18-19)33-3/h7-14,18,22,26,30H,4-6,15-17H2,1-3H3/b14-8+/t22-,26-,27-/m0/s1. The van der Waals surface area contributed by atoms with Gasteiger partial charge in [0.05, 0.1) is 33.0 Å². The molecule has 0 spiro atoms. The topological polar surface area (TPSA) is 68.2 Å². The molecule has 1 amide bonds. The van der Waals surface area contributed by atoms with Crippen molar-refractivity contribution < 1.29 is 24.1 Å². The molecule has 1 N–H and O–H groups in total. The molecule has 1 aliphatic carbocycles. The second kappa shape index (κ2) is 9.87. The van der Waals surface area contributed by atoms with Crippen LogP contribution < -0.4 is 14.2 Å². The molecule has 0 aromatic heterocycles. The first-order valence-corrected chi connectivity index (χ1v) is 11.6. The third-order valence-corrected chi connectivity index (χ3v) is 7.13. The number of likely N-dealkylation sites (tertiary alicyclic amines) is 1. The fourth-order valence-electron chi connectivity index (χ4n) is 5.36. The quantitative estimate of drug-likeness (QED) is 0.649. The van der Waals surface area contributed by atoms with E-state index in [1.54, 1.807) is 33.5 Å². The number of rotatable bonds is 6. The number of carbonyl (C=O) groups excluding carboxylic acids is 1. The lowest BCUT2D eigenvalue weighted by Crippen LogP contribution is -2.56. The van der Waals surface area contributed by atoms with Crippen molar-refractivity contribution in [3.05, 3.63) is 59.7 Å². The van der Waals surface area contributed by atoms with Crippen molar-refractivity contribution in [3.8, 4) is 17.2 Å². The average molecular weight is 452 g/mol. The molecule has 1 saturated heterocycles. The monoisotopic (exact) mass is 451 g/mol. The maximum atomic E-state index is 13.4. The van der Waals surface area contributed by atoms with Crippen LogP contribution in [-0.4, -0.2) is 49.4 Å². The van der Waals surface area contributed by atoms with Gasteiger partial charge in [0, 0.05) is 18.5 Å². The third-order valence-electron chi connectivity index (χ3n) is 7.13. The van der Waals surface area contributed by atoms with Crippen molar-refractivity contribution in [2.75, 3.05) is 27.9 Å². The molecule has 33 heavy (non-hydrogen) atoms. The number of hydrogen-bond acceptors (Lipinski definition) is 5. The van der Waals surface area contributed by atoms with E-state index in [1.165, 1.54) is 0 Å². The SMILES string of the molecule is COc1ccc([C@H]2[C@@H]3CCCC[C@]3(O)CCN2C(=O)/C=C/c2ccc(OC)c(OC)c2)cc1. The molecule has 2 aromatic rings. The Bertz CT molecular complexity index is 1000. The summed E-state index contributed by atoms with van der Waals surface area (Å²) in [4.78, 5) is 15.3. The summed E-state index contributed by atoms with van der Waals surface area (Å²) in [5.74, 6) is 2.01. The molecule has 2 aliphatic rings. The number of piperidine rings is 1. The number of methoxy groups -OCH3 is 3. The molecule has 1 aliphatic heterocycles. The summed E-state index contributed by atoms with van der Waals surface area (Å²) in [6.45, 7) is 0.527. The van der Waals surface area contributed by atoms with E-state index < -0.39 is 5.60 Å². The summed E-state index contributed by atoms with van der Waals surface area (Å²) < 4.78 is 16.0. The Morgan fingerprint density at radius 1 is 1.00 bits per heavy atom. The summed E-state index contributed by atoms with van der Waals surface area (Å²) >= 11 is 0. The van der Waals surface area contributed by atoms with Gasteiger partial charge in [-0.05, 0) is 60.7 Å². The van der Waals surface area contributed by atoms with Crippen LogP contribution in [0.3, 0.4) is 0 Å². The second-order valence-electron chi connectivity index (χ2n) is 8.90. The highest BCUT2D eigenvalue weighted by Crippen LogP contribution is 2.49. The highest BCUT2D eigenvalue weighted by molar-refractivity contribution is 5.92. The van der Waals surface area contributed by atoms with Crippen LogP contribution in [0.5, 0.6) is 17.2 Å². The Balaban J connectivity index is 1.62. The minimum Gasteiger partial charge on any atom is -0.497 e. The summed E-state index contributed by atoms with van der Waals surface area (Å²) in [7, 11) is 4.83. The van der Waals surface area contributed by atoms with E-state index in [2.05, 4.69) is 0 Å². The largest absolute Gasteiger partial charge is 0.497 e. The lowest BCUT2D eigenvalue weighted by molar-refractivity contribution is -0.150. The fraction of sp³-hybridized carbons (Fsp3) is 0.444. The predicted molar refractivity (Wildman–Crippen MR) is 128 cm³/mol. The van der Waals surface area contributed by atoms with E-state index in [0.29, 0.717) is 24.5 Å². The molecule has 4 rings (SSSR count). The first-order valence-electron chi connectivity index (χ1n) is 11.6. The number of hydrogen-bond donors (Lipinski definition) is 1. The zero-order chi connectivity index (χ0) is 23.4. The maximum absolute atomic E-state index is 13.4. The van der Waals surface area contributed by atoms with Gasteiger partial charge in [0.25, 0.3) is 0 Å². The van der Waals surface area contributed by atoms with E-state index in [0.717, 1.165) is 42.6 Å². The van der Waals surface area contributed by atoms with E-state index in [4.69, 9.17) is 14.2 Å². The molecule has 1 saturated carbocycles. The predicted octanol–water partition coefficient (Wildman–Crippen LogP) is 4.62. The van der Waals surface area contributed by atoms with Crippen molar-refractivity contribution >= 4 is 12.0 Å². The van der Waals surface area contributed by atoms with Gasteiger partial charge >= 0.3 is 0 Å². The van der Waals surface area contributed by atoms with Gasteiger partial charge in [-0.25, -0.2) is 0 Å². The van der Waals surface area contributed by atoms with Crippen LogP contribution >= 0.6 is 0 Å². The molecule has 2 aromatic carbocycles. The van der Waals surface area contributed by atoms with Gasteiger partial charge in [0.2, 0.25) is 5.91 Å². The van der Waals surface area contributed by atoms with Crippen molar-refractivity contribution in [1.82, 2.24) is 4.90 Å². The van der Waals surface area contributed by atoms with Crippen LogP contribution in [0.15, 0.2) is 48.5 Å². The molecule has 0 bridgehead atoms.